The first-order valence-electron chi connectivity index (χ1n) is 9.84. The van der Waals surface area contributed by atoms with Gasteiger partial charge in [-0.1, -0.05) is 18.2 Å². The zero-order valence-corrected chi connectivity index (χ0v) is 15.9. The quantitative estimate of drug-likeness (QED) is 0.556. The molecule has 5 nitrogen and oxygen atoms in total. The molecule has 29 heavy (non-hydrogen) atoms. The fourth-order valence-corrected chi connectivity index (χ4v) is 4.04. The van der Waals surface area contributed by atoms with Crippen LogP contribution < -0.4 is 0 Å². The number of amides is 1. The predicted molar refractivity (Wildman–Crippen MR) is 110 cm³/mol. The molecule has 1 N–H and O–H groups in total. The number of aromatic nitrogens is 3. The fraction of sp³-hybridized carbons (Fsp3) is 0.217. The summed E-state index contributed by atoms with van der Waals surface area (Å²) < 4.78 is 15.3. The Kier molecular flexibility index (Phi) is 4.39. The number of carbonyl (C=O) groups is 1. The molecule has 2 aromatic heterocycles. The van der Waals surface area contributed by atoms with Gasteiger partial charge in [0.15, 0.2) is 0 Å². The summed E-state index contributed by atoms with van der Waals surface area (Å²) in [7, 11) is 0. The molecule has 0 spiro atoms. The number of benzene rings is 2. The summed E-state index contributed by atoms with van der Waals surface area (Å²) in [6, 6.07) is 16.2. The maximum absolute atomic E-state index is 13.1. The predicted octanol–water partition coefficient (Wildman–Crippen LogP) is 4.65. The Morgan fingerprint density at radius 1 is 1.14 bits per heavy atom. The molecule has 1 atom stereocenters. The lowest BCUT2D eigenvalue weighted by Crippen LogP contribution is -2.40. The number of para-hydroxylation sites is 1. The molecular weight excluding hydrogens is 367 g/mol. The number of imidazole rings is 1. The third-order valence-corrected chi connectivity index (χ3v) is 5.60. The van der Waals surface area contributed by atoms with Crippen molar-refractivity contribution in [3.8, 4) is 11.4 Å². The number of halogens is 1. The van der Waals surface area contributed by atoms with Gasteiger partial charge in [-0.05, 0) is 49.2 Å². The second-order valence-corrected chi connectivity index (χ2v) is 7.53. The lowest BCUT2D eigenvalue weighted by atomic mass is 10.0. The van der Waals surface area contributed by atoms with Crippen LogP contribution in [0.5, 0.6) is 0 Å². The molecule has 1 saturated heterocycles. The maximum Gasteiger partial charge on any atom is 0.253 e. The molecule has 5 rings (SSSR count). The van der Waals surface area contributed by atoms with Crippen LogP contribution in [0, 0.1) is 5.82 Å². The molecule has 1 unspecified atom stereocenters. The summed E-state index contributed by atoms with van der Waals surface area (Å²) in [5.74, 6) is -0.383. The van der Waals surface area contributed by atoms with Crippen LogP contribution in [0.2, 0.25) is 0 Å². The van der Waals surface area contributed by atoms with Gasteiger partial charge in [-0.3, -0.25) is 4.79 Å². The van der Waals surface area contributed by atoms with Crippen LogP contribution in [0.1, 0.15) is 29.2 Å². The van der Waals surface area contributed by atoms with Crippen molar-refractivity contribution < 1.29 is 9.18 Å². The SMILES string of the molecule is O=C(c1ccc(F)cc1)N1CCCC(n2cnc(-c3cc4ccccc4[nH]3)c2)C1. The third-order valence-electron chi connectivity index (χ3n) is 5.60. The van der Waals surface area contributed by atoms with Gasteiger partial charge in [0, 0.05) is 35.8 Å². The van der Waals surface area contributed by atoms with E-state index in [0.717, 1.165) is 41.7 Å². The highest BCUT2D eigenvalue weighted by molar-refractivity contribution is 5.94. The van der Waals surface area contributed by atoms with Gasteiger partial charge in [-0.25, -0.2) is 9.37 Å². The van der Waals surface area contributed by atoms with E-state index in [-0.39, 0.29) is 17.8 Å². The monoisotopic (exact) mass is 388 g/mol. The molecule has 6 heteroatoms. The van der Waals surface area contributed by atoms with Crippen molar-refractivity contribution in [3.05, 3.63) is 78.5 Å². The highest BCUT2D eigenvalue weighted by Gasteiger charge is 2.26. The summed E-state index contributed by atoms with van der Waals surface area (Å²) in [6.45, 7) is 1.34. The molecule has 0 aliphatic carbocycles. The van der Waals surface area contributed by atoms with Gasteiger partial charge in [0.1, 0.15) is 11.5 Å². The van der Waals surface area contributed by atoms with E-state index in [1.807, 2.05) is 29.6 Å². The van der Waals surface area contributed by atoms with Crippen LogP contribution in [0.3, 0.4) is 0 Å². The van der Waals surface area contributed by atoms with Gasteiger partial charge in [0.2, 0.25) is 0 Å². The number of fused-ring (bicyclic) bond motifs is 1. The molecule has 2 aromatic carbocycles. The van der Waals surface area contributed by atoms with E-state index >= 15 is 0 Å². The van der Waals surface area contributed by atoms with Crippen LogP contribution in [-0.4, -0.2) is 38.4 Å². The topological polar surface area (TPSA) is 53.9 Å². The molecule has 1 amide bonds. The number of hydrogen-bond donors (Lipinski definition) is 1. The van der Waals surface area contributed by atoms with E-state index in [9.17, 15) is 9.18 Å². The Bertz CT molecular complexity index is 1130. The number of piperidine rings is 1. The van der Waals surface area contributed by atoms with Crippen molar-refractivity contribution in [2.75, 3.05) is 13.1 Å². The molecule has 0 bridgehead atoms. The fourth-order valence-electron chi connectivity index (χ4n) is 4.04. The second kappa shape index (κ2) is 7.20. The number of likely N-dealkylation sites (tertiary alicyclic amines) is 1. The van der Waals surface area contributed by atoms with E-state index in [1.165, 1.54) is 12.1 Å². The van der Waals surface area contributed by atoms with Crippen molar-refractivity contribution >= 4 is 16.8 Å². The van der Waals surface area contributed by atoms with Crippen molar-refractivity contribution in [1.29, 1.82) is 0 Å². The minimum absolute atomic E-state index is 0.0503. The molecule has 146 valence electrons. The average molecular weight is 388 g/mol. The minimum atomic E-state index is -0.332. The minimum Gasteiger partial charge on any atom is -0.353 e. The standard InChI is InChI=1S/C23H21FN4O/c24-18-9-7-16(8-10-18)23(29)27-11-3-5-19(13-27)28-14-22(25-15-28)21-12-17-4-1-2-6-20(17)26-21/h1-2,4,6-10,12,14-15,19,26H,3,5,11,13H2. The molecule has 0 saturated carbocycles. The molecule has 3 heterocycles. The number of nitrogens with zero attached hydrogens (tertiary/aromatic N) is 3. The molecule has 1 aliphatic rings. The Morgan fingerprint density at radius 3 is 2.79 bits per heavy atom. The van der Waals surface area contributed by atoms with Gasteiger partial charge < -0.3 is 14.5 Å². The lowest BCUT2D eigenvalue weighted by molar-refractivity contribution is 0.0679. The van der Waals surface area contributed by atoms with E-state index in [0.29, 0.717) is 12.1 Å². The highest BCUT2D eigenvalue weighted by atomic mass is 19.1. The van der Waals surface area contributed by atoms with Gasteiger partial charge in [-0.15, -0.1) is 0 Å². The Labute approximate surface area is 167 Å². The van der Waals surface area contributed by atoms with E-state index in [4.69, 9.17) is 0 Å². The Hall–Kier alpha value is -3.41. The summed E-state index contributed by atoms with van der Waals surface area (Å²) in [5, 5.41) is 1.16. The molecule has 1 aliphatic heterocycles. The summed E-state index contributed by atoms with van der Waals surface area (Å²) in [4.78, 5) is 22.6. The number of nitrogens with one attached hydrogen (secondary N) is 1. The number of aromatic amines is 1. The average Bonchev–Trinajstić information content (AvgIpc) is 3.41. The zero-order valence-electron chi connectivity index (χ0n) is 15.9. The van der Waals surface area contributed by atoms with Crippen LogP contribution in [-0.2, 0) is 0 Å². The number of rotatable bonds is 3. The van der Waals surface area contributed by atoms with Crippen LogP contribution in [0.15, 0.2) is 67.1 Å². The summed E-state index contributed by atoms with van der Waals surface area (Å²) >= 11 is 0. The Morgan fingerprint density at radius 2 is 1.97 bits per heavy atom. The lowest BCUT2D eigenvalue weighted by Gasteiger charge is -2.33. The molecular formula is C23H21FN4O. The van der Waals surface area contributed by atoms with Crippen LogP contribution >= 0.6 is 0 Å². The normalized spacial score (nSPS) is 17.0. The van der Waals surface area contributed by atoms with Gasteiger partial charge in [-0.2, -0.15) is 0 Å². The van der Waals surface area contributed by atoms with Gasteiger partial charge >= 0.3 is 0 Å². The summed E-state index contributed by atoms with van der Waals surface area (Å²) in [5.41, 5.74) is 3.49. The highest BCUT2D eigenvalue weighted by Crippen LogP contribution is 2.27. The van der Waals surface area contributed by atoms with Crippen LogP contribution in [0.4, 0.5) is 4.39 Å². The number of carbonyl (C=O) groups excluding carboxylic acids is 1. The second-order valence-electron chi connectivity index (χ2n) is 7.53. The third kappa shape index (κ3) is 3.42. The van der Waals surface area contributed by atoms with Crippen molar-refractivity contribution in [3.63, 3.8) is 0 Å². The Balaban J connectivity index is 1.34. The van der Waals surface area contributed by atoms with Crippen molar-refractivity contribution in [2.45, 2.75) is 18.9 Å². The number of hydrogen-bond acceptors (Lipinski definition) is 2. The van der Waals surface area contributed by atoms with Crippen LogP contribution in [0.25, 0.3) is 22.3 Å². The first-order valence-corrected chi connectivity index (χ1v) is 9.84. The first-order chi connectivity index (χ1) is 14.2. The summed E-state index contributed by atoms with van der Waals surface area (Å²) in [6.07, 6.45) is 5.81. The largest absolute Gasteiger partial charge is 0.353 e. The van der Waals surface area contributed by atoms with Crippen molar-refractivity contribution in [1.82, 2.24) is 19.4 Å². The molecule has 0 radical (unpaired) electrons. The van der Waals surface area contributed by atoms with E-state index in [2.05, 4.69) is 32.7 Å². The van der Waals surface area contributed by atoms with Gasteiger partial charge in [0.05, 0.1) is 18.1 Å². The van der Waals surface area contributed by atoms with Crippen molar-refractivity contribution in [2.24, 2.45) is 0 Å². The van der Waals surface area contributed by atoms with E-state index in [1.54, 1.807) is 12.1 Å². The van der Waals surface area contributed by atoms with E-state index < -0.39 is 0 Å². The zero-order chi connectivity index (χ0) is 19.8. The molecule has 4 aromatic rings. The number of H-pyrrole nitrogens is 1. The molecule has 1 fully saturated rings. The smallest absolute Gasteiger partial charge is 0.253 e. The first kappa shape index (κ1) is 17.7. The maximum atomic E-state index is 13.1. The van der Waals surface area contributed by atoms with Gasteiger partial charge in [0.25, 0.3) is 5.91 Å².